The Labute approximate surface area is 110 Å². The molecule has 0 aromatic carbocycles. The summed E-state index contributed by atoms with van der Waals surface area (Å²) >= 11 is 0. The van der Waals surface area contributed by atoms with Crippen molar-refractivity contribution in [1.29, 1.82) is 0 Å². The second kappa shape index (κ2) is 5.20. The van der Waals surface area contributed by atoms with Crippen LogP contribution in [-0.2, 0) is 4.79 Å². The molecule has 0 radical (unpaired) electrons. The van der Waals surface area contributed by atoms with Crippen molar-refractivity contribution in [2.75, 3.05) is 13.1 Å². The van der Waals surface area contributed by atoms with Gasteiger partial charge < -0.3 is 10.2 Å². The van der Waals surface area contributed by atoms with Gasteiger partial charge in [0.1, 0.15) is 0 Å². The molecule has 3 nitrogen and oxygen atoms in total. The predicted octanol–water partition coefficient (Wildman–Crippen LogP) is 2.45. The van der Waals surface area contributed by atoms with Crippen LogP contribution in [-0.4, -0.2) is 35.5 Å². The van der Waals surface area contributed by atoms with E-state index in [1.165, 1.54) is 44.9 Å². The quantitative estimate of drug-likeness (QED) is 0.775. The van der Waals surface area contributed by atoms with Gasteiger partial charge in [0.05, 0.1) is 0 Å². The first kappa shape index (κ1) is 12.5. The van der Waals surface area contributed by atoms with Gasteiger partial charge >= 0.3 is 0 Å². The van der Waals surface area contributed by atoms with Crippen LogP contribution in [0.5, 0.6) is 0 Å². The first-order valence-corrected chi connectivity index (χ1v) is 7.84. The molecule has 1 N–H and O–H groups in total. The summed E-state index contributed by atoms with van der Waals surface area (Å²) in [7, 11) is 0. The molecule has 1 aliphatic carbocycles. The van der Waals surface area contributed by atoms with Crippen LogP contribution in [0.2, 0.25) is 0 Å². The lowest BCUT2D eigenvalue weighted by Gasteiger charge is -2.48. The minimum absolute atomic E-state index is 0.374. The van der Waals surface area contributed by atoms with Gasteiger partial charge in [0.2, 0.25) is 5.91 Å². The Morgan fingerprint density at radius 2 is 1.94 bits per heavy atom. The van der Waals surface area contributed by atoms with Crippen LogP contribution in [0.15, 0.2) is 0 Å². The smallest absolute Gasteiger partial charge is 0.222 e. The lowest BCUT2D eigenvalue weighted by molar-refractivity contribution is -0.137. The maximum absolute atomic E-state index is 12.1. The molecule has 1 unspecified atom stereocenters. The molecule has 3 aliphatic rings. The number of carbonyl (C=O) groups excluding carboxylic acids is 1. The lowest BCUT2D eigenvalue weighted by Crippen LogP contribution is -2.58. The van der Waals surface area contributed by atoms with Crippen LogP contribution in [0.1, 0.15) is 64.2 Å². The lowest BCUT2D eigenvalue weighted by atomic mass is 9.74. The van der Waals surface area contributed by atoms with Gasteiger partial charge in [0, 0.05) is 24.5 Å². The summed E-state index contributed by atoms with van der Waals surface area (Å²) in [6.07, 6.45) is 12.3. The van der Waals surface area contributed by atoms with E-state index in [9.17, 15) is 4.79 Å². The van der Waals surface area contributed by atoms with Gasteiger partial charge in [-0.05, 0) is 45.1 Å². The van der Waals surface area contributed by atoms with Gasteiger partial charge in [-0.3, -0.25) is 4.79 Å². The van der Waals surface area contributed by atoms with Gasteiger partial charge in [-0.2, -0.15) is 0 Å². The Hall–Kier alpha value is -0.570. The van der Waals surface area contributed by atoms with Crippen LogP contribution in [0.25, 0.3) is 0 Å². The highest BCUT2D eigenvalue weighted by molar-refractivity contribution is 5.77. The van der Waals surface area contributed by atoms with Crippen molar-refractivity contribution in [2.24, 2.45) is 0 Å². The summed E-state index contributed by atoms with van der Waals surface area (Å²) < 4.78 is 0. The van der Waals surface area contributed by atoms with Gasteiger partial charge in [-0.15, -0.1) is 0 Å². The maximum atomic E-state index is 12.1. The zero-order valence-electron chi connectivity index (χ0n) is 11.4. The minimum atomic E-state index is 0.374. The summed E-state index contributed by atoms with van der Waals surface area (Å²) in [4.78, 5) is 14.3. The topological polar surface area (TPSA) is 32.3 Å². The zero-order valence-corrected chi connectivity index (χ0v) is 11.4. The number of likely N-dealkylation sites (tertiary alicyclic amines) is 1. The van der Waals surface area contributed by atoms with Crippen molar-refractivity contribution in [3.8, 4) is 0 Å². The molecule has 18 heavy (non-hydrogen) atoms. The van der Waals surface area contributed by atoms with Crippen LogP contribution in [0, 0.1) is 0 Å². The maximum Gasteiger partial charge on any atom is 0.222 e. The monoisotopic (exact) mass is 250 g/mol. The highest BCUT2D eigenvalue weighted by atomic mass is 16.2. The molecule has 102 valence electrons. The normalized spacial score (nSPS) is 32.8. The van der Waals surface area contributed by atoms with Crippen molar-refractivity contribution in [3.63, 3.8) is 0 Å². The average molecular weight is 250 g/mol. The molecule has 1 spiro atoms. The highest BCUT2D eigenvalue weighted by Crippen LogP contribution is 2.36. The third kappa shape index (κ3) is 2.42. The van der Waals surface area contributed by atoms with Crippen molar-refractivity contribution in [2.45, 2.75) is 75.8 Å². The molecule has 1 amide bonds. The number of piperidine rings is 2. The zero-order chi connectivity index (χ0) is 12.4. The fourth-order valence-electron chi connectivity index (χ4n) is 4.22. The number of nitrogens with zero attached hydrogens (tertiary/aromatic N) is 1. The number of carbonyl (C=O) groups is 1. The number of rotatable bonds is 1. The largest absolute Gasteiger partial charge is 0.340 e. The standard InChI is InChI=1S/C15H26N2O/c18-14-6-2-5-11-17(14)13-7-10-16-15(12-13)8-3-1-4-9-15/h13,16H,1-12H2. The first-order chi connectivity index (χ1) is 8.79. The molecule has 3 fully saturated rings. The predicted molar refractivity (Wildman–Crippen MR) is 72.4 cm³/mol. The van der Waals surface area contributed by atoms with E-state index in [0.29, 0.717) is 17.5 Å². The van der Waals surface area contributed by atoms with Gasteiger partial charge in [-0.25, -0.2) is 0 Å². The second-order valence-electron chi connectivity index (χ2n) is 6.46. The second-order valence-corrected chi connectivity index (χ2v) is 6.46. The van der Waals surface area contributed by atoms with E-state index < -0.39 is 0 Å². The number of amides is 1. The van der Waals surface area contributed by atoms with E-state index in [1.54, 1.807) is 0 Å². The molecule has 2 aliphatic heterocycles. The van der Waals surface area contributed by atoms with Crippen molar-refractivity contribution in [3.05, 3.63) is 0 Å². The van der Waals surface area contributed by atoms with E-state index in [2.05, 4.69) is 10.2 Å². The van der Waals surface area contributed by atoms with Crippen LogP contribution in [0.4, 0.5) is 0 Å². The third-order valence-electron chi connectivity index (χ3n) is 5.22. The Balaban J connectivity index is 1.67. The minimum Gasteiger partial charge on any atom is -0.340 e. The molecule has 0 aromatic heterocycles. The van der Waals surface area contributed by atoms with Crippen molar-refractivity contribution >= 4 is 5.91 Å². The molecule has 1 atom stereocenters. The Morgan fingerprint density at radius 1 is 1.11 bits per heavy atom. The Kier molecular flexibility index (Phi) is 3.60. The summed E-state index contributed by atoms with van der Waals surface area (Å²) in [5.74, 6) is 0.416. The molecule has 1 saturated carbocycles. The molecule has 0 aromatic rings. The molecule has 3 rings (SSSR count). The number of hydrogen-bond acceptors (Lipinski definition) is 2. The summed E-state index contributed by atoms with van der Waals surface area (Å²) in [6, 6.07) is 0.525. The highest BCUT2D eigenvalue weighted by Gasteiger charge is 2.40. The average Bonchev–Trinajstić information content (AvgIpc) is 2.40. The molecule has 2 heterocycles. The van der Waals surface area contributed by atoms with Crippen molar-refractivity contribution in [1.82, 2.24) is 10.2 Å². The number of nitrogens with one attached hydrogen (secondary N) is 1. The molecular weight excluding hydrogens is 224 g/mol. The summed E-state index contributed by atoms with van der Waals surface area (Å²) in [6.45, 7) is 2.12. The Bertz CT molecular complexity index is 304. The Morgan fingerprint density at radius 3 is 2.72 bits per heavy atom. The fourth-order valence-corrected chi connectivity index (χ4v) is 4.22. The molecule has 0 bridgehead atoms. The van der Waals surface area contributed by atoms with E-state index in [1.807, 2.05) is 0 Å². The van der Waals surface area contributed by atoms with Crippen LogP contribution in [0.3, 0.4) is 0 Å². The van der Waals surface area contributed by atoms with Crippen LogP contribution >= 0.6 is 0 Å². The van der Waals surface area contributed by atoms with E-state index in [4.69, 9.17) is 0 Å². The summed E-state index contributed by atoms with van der Waals surface area (Å²) in [5, 5.41) is 3.78. The van der Waals surface area contributed by atoms with E-state index >= 15 is 0 Å². The first-order valence-electron chi connectivity index (χ1n) is 7.84. The molecule has 3 heteroatoms. The summed E-state index contributed by atoms with van der Waals surface area (Å²) in [5.41, 5.74) is 0.374. The number of hydrogen-bond donors (Lipinski definition) is 1. The van der Waals surface area contributed by atoms with E-state index in [-0.39, 0.29) is 0 Å². The SMILES string of the molecule is O=C1CCCCN1C1CCNC2(CCCCC2)C1. The van der Waals surface area contributed by atoms with Gasteiger partial charge in [0.25, 0.3) is 0 Å². The fraction of sp³-hybridized carbons (Fsp3) is 0.933. The van der Waals surface area contributed by atoms with Gasteiger partial charge in [0.15, 0.2) is 0 Å². The third-order valence-corrected chi connectivity index (χ3v) is 5.22. The van der Waals surface area contributed by atoms with E-state index in [0.717, 1.165) is 32.4 Å². The molecular formula is C15H26N2O. The van der Waals surface area contributed by atoms with Crippen molar-refractivity contribution < 1.29 is 4.79 Å². The van der Waals surface area contributed by atoms with Crippen LogP contribution < -0.4 is 5.32 Å². The van der Waals surface area contributed by atoms with Gasteiger partial charge in [-0.1, -0.05) is 19.3 Å². The molecule has 2 saturated heterocycles.